The quantitative estimate of drug-likeness (QED) is 0.768. The second kappa shape index (κ2) is 6.52. The minimum atomic E-state index is -3.75. The zero-order chi connectivity index (χ0) is 18.2. The van der Waals surface area contributed by atoms with Gasteiger partial charge in [0.05, 0.1) is 17.5 Å². The van der Waals surface area contributed by atoms with Crippen molar-refractivity contribution in [2.45, 2.75) is 11.3 Å². The second-order valence-electron chi connectivity index (χ2n) is 5.77. The summed E-state index contributed by atoms with van der Waals surface area (Å²) in [6.45, 7) is 1.17. The molecule has 0 atom stereocenters. The fraction of sp³-hybridized carbons (Fsp3) is 0.467. The molecular formula is C15H19N3O6S. The molecule has 0 spiro atoms. The highest BCUT2D eigenvalue weighted by atomic mass is 32.2. The Balaban J connectivity index is 1.88. The Morgan fingerprint density at radius 2 is 1.96 bits per heavy atom. The van der Waals surface area contributed by atoms with Gasteiger partial charge in [-0.3, -0.25) is 4.57 Å². The van der Waals surface area contributed by atoms with Gasteiger partial charge in [0.1, 0.15) is 0 Å². The molecule has 1 aromatic carbocycles. The Labute approximate surface area is 144 Å². The fourth-order valence-corrected chi connectivity index (χ4v) is 4.36. The van der Waals surface area contributed by atoms with Crippen molar-refractivity contribution in [1.82, 2.24) is 13.8 Å². The highest BCUT2D eigenvalue weighted by Gasteiger charge is 2.29. The zero-order valence-electron chi connectivity index (χ0n) is 14.0. The predicted molar refractivity (Wildman–Crippen MR) is 88.8 cm³/mol. The summed E-state index contributed by atoms with van der Waals surface area (Å²) in [7, 11) is -0.903. The van der Waals surface area contributed by atoms with Crippen molar-refractivity contribution < 1.29 is 22.4 Å². The fourth-order valence-electron chi connectivity index (χ4n) is 2.87. The monoisotopic (exact) mass is 369 g/mol. The van der Waals surface area contributed by atoms with Crippen molar-refractivity contribution in [3.8, 4) is 0 Å². The van der Waals surface area contributed by atoms with E-state index in [9.17, 15) is 18.0 Å². The molecule has 1 aliphatic rings. The largest absolute Gasteiger partial charge is 0.453 e. The number of hydrogen-bond acceptors (Lipinski definition) is 6. The molecule has 0 aliphatic carbocycles. The Morgan fingerprint density at radius 3 is 2.68 bits per heavy atom. The topological polar surface area (TPSA) is 102 Å². The number of sulfonamides is 1. The maximum atomic E-state index is 12.9. The standard InChI is InChI=1S/C15H19N3O6S/c1-16-12-5-4-11(10-13(12)24-14(16)19)25(21,22)18-7-3-6-17(8-9-18)15(20)23-2/h4-5,10H,3,6-9H2,1-2H3. The Morgan fingerprint density at radius 1 is 1.20 bits per heavy atom. The molecule has 1 aromatic heterocycles. The summed E-state index contributed by atoms with van der Waals surface area (Å²) in [5.74, 6) is -0.548. The smallest absolute Gasteiger partial charge is 0.419 e. The van der Waals surface area contributed by atoms with Crippen molar-refractivity contribution >= 4 is 27.2 Å². The van der Waals surface area contributed by atoms with Crippen LogP contribution in [-0.2, 0) is 21.8 Å². The van der Waals surface area contributed by atoms with Crippen LogP contribution in [0.15, 0.2) is 32.3 Å². The molecule has 25 heavy (non-hydrogen) atoms. The molecule has 2 aromatic rings. The third-order valence-electron chi connectivity index (χ3n) is 4.29. The van der Waals surface area contributed by atoms with Crippen LogP contribution in [-0.4, -0.2) is 61.6 Å². The number of aryl methyl sites for hydroxylation is 1. The highest BCUT2D eigenvalue weighted by Crippen LogP contribution is 2.22. The molecule has 0 bridgehead atoms. The van der Waals surface area contributed by atoms with E-state index >= 15 is 0 Å². The van der Waals surface area contributed by atoms with Crippen molar-refractivity contribution in [3.63, 3.8) is 0 Å². The first-order valence-electron chi connectivity index (χ1n) is 7.77. The van der Waals surface area contributed by atoms with Gasteiger partial charge in [0, 0.05) is 39.3 Å². The van der Waals surface area contributed by atoms with Crippen molar-refractivity contribution in [2.24, 2.45) is 7.05 Å². The average Bonchev–Trinajstić information content (AvgIpc) is 2.79. The highest BCUT2D eigenvalue weighted by molar-refractivity contribution is 7.89. The molecule has 0 N–H and O–H groups in total. The predicted octanol–water partition coefficient (Wildman–Crippen LogP) is 0.594. The van der Waals surface area contributed by atoms with E-state index in [-0.39, 0.29) is 23.6 Å². The maximum absolute atomic E-state index is 12.9. The summed E-state index contributed by atoms with van der Waals surface area (Å²) in [5, 5.41) is 0. The Bertz CT molecular complexity index is 961. The number of nitrogens with zero attached hydrogens (tertiary/aromatic N) is 3. The van der Waals surface area contributed by atoms with Crippen molar-refractivity contribution in [1.29, 1.82) is 0 Å². The van der Waals surface area contributed by atoms with Gasteiger partial charge in [0.25, 0.3) is 0 Å². The van der Waals surface area contributed by atoms with E-state index in [1.807, 2.05) is 0 Å². The van der Waals surface area contributed by atoms with E-state index in [0.717, 1.165) is 0 Å². The minimum Gasteiger partial charge on any atom is -0.453 e. The third kappa shape index (κ3) is 3.14. The lowest BCUT2D eigenvalue weighted by atomic mass is 10.3. The zero-order valence-corrected chi connectivity index (χ0v) is 14.8. The molecule has 0 radical (unpaired) electrons. The first-order valence-corrected chi connectivity index (χ1v) is 9.21. The number of hydrogen-bond donors (Lipinski definition) is 0. The minimum absolute atomic E-state index is 0.0564. The normalized spacial score (nSPS) is 16.8. The van der Waals surface area contributed by atoms with Gasteiger partial charge in [-0.25, -0.2) is 18.0 Å². The molecule has 0 unspecified atom stereocenters. The molecule has 1 fully saturated rings. The number of aromatic nitrogens is 1. The van der Waals surface area contributed by atoms with E-state index in [1.54, 1.807) is 13.1 Å². The number of carbonyl (C=O) groups excluding carboxylic acids is 1. The van der Waals surface area contributed by atoms with Gasteiger partial charge in [0.2, 0.25) is 10.0 Å². The van der Waals surface area contributed by atoms with Crippen molar-refractivity contribution in [3.05, 3.63) is 28.7 Å². The molecule has 136 valence electrons. The van der Waals surface area contributed by atoms with Gasteiger partial charge in [-0.2, -0.15) is 4.31 Å². The number of amides is 1. The Hall–Kier alpha value is -2.33. The van der Waals surface area contributed by atoms with Gasteiger partial charge < -0.3 is 14.1 Å². The number of rotatable bonds is 2. The molecule has 1 amide bonds. The van der Waals surface area contributed by atoms with Crippen LogP contribution < -0.4 is 5.76 Å². The van der Waals surface area contributed by atoms with Gasteiger partial charge >= 0.3 is 11.8 Å². The van der Waals surface area contributed by atoms with Gasteiger partial charge in [-0.05, 0) is 18.6 Å². The average molecular weight is 369 g/mol. The van der Waals surface area contributed by atoms with Crippen LogP contribution in [0.4, 0.5) is 4.79 Å². The number of methoxy groups -OCH3 is 1. The number of fused-ring (bicyclic) bond motifs is 1. The van der Waals surface area contributed by atoms with Crippen molar-refractivity contribution in [2.75, 3.05) is 33.3 Å². The van der Waals surface area contributed by atoms with Gasteiger partial charge in [-0.15, -0.1) is 0 Å². The molecule has 1 aliphatic heterocycles. The molecule has 0 saturated carbocycles. The van der Waals surface area contributed by atoms with Gasteiger partial charge in [0.15, 0.2) is 5.58 Å². The van der Waals surface area contributed by atoms with Crippen LogP contribution in [0.2, 0.25) is 0 Å². The molecule has 9 nitrogen and oxygen atoms in total. The first-order chi connectivity index (χ1) is 11.8. The van der Waals surface area contributed by atoms with Crippen LogP contribution in [0.3, 0.4) is 0 Å². The van der Waals surface area contributed by atoms with Crippen LogP contribution in [0.25, 0.3) is 11.1 Å². The van der Waals surface area contributed by atoms with E-state index in [0.29, 0.717) is 25.0 Å². The van der Waals surface area contributed by atoms with E-state index in [2.05, 4.69) is 4.74 Å². The summed E-state index contributed by atoms with van der Waals surface area (Å²) < 4.78 is 38.2. The van der Waals surface area contributed by atoms with E-state index in [4.69, 9.17) is 4.42 Å². The summed E-state index contributed by atoms with van der Waals surface area (Å²) >= 11 is 0. The van der Waals surface area contributed by atoms with E-state index in [1.165, 1.54) is 33.0 Å². The molecule has 1 saturated heterocycles. The van der Waals surface area contributed by atoms with Gasteiger partial charge in [-0.1, -0.05) is 0 Å². The maximum Gasteiger partial charge on any atom is 0.419 e. The number of oxazole rings is 1. The third-order valence-corrected chi connectivity index (χ3v) is 6.18. The van der Waals surface area contributed by atoms with Crippen LogP contribution in [0.1, 0.15) is 6.42 Å². The number of benzene rings is 1. The molecular weight excluding hydrogens is 350 g/mol. The molecule has 2 heterocycles. The Kier molecular flexibility index (Phi) is 4.56. The van der Waals surface area contributed by atoms with Crippen LogP contribution >= 0.6 is 0 Å². The van der Waals surface area contributed by atoms with Crippen LogP contribution in [0.5, 0.6) is 0 Å². The summed E-state index contributed by atoms with van der Waals surface area (Å²) in [5.41, 5.74) is 0.747. The molecule has 10 heteroatoms. The lowest BCUT2D eigenvalue weighted by Gasteiger charge is -2.21. The first kappa shape index (κ1) is 17.5. The summed E-state index contributed by atoms with van der Waals surface area (Å²) in [4.78, 5) is 24.7. The van der Waals surface area contributed by atoms with E-state index < -0.39 is 21.9 Å². The lowest BCUT2D eigenvalue weighted by Crippen LogP contribution is -2.37. The summed E-state index contributed by atoms with van der Waals surface area (Å²) in [6, 6.07) is 4.36. The number of carbonyl (C=O) groups is 1. The summed E-state index contributed by atoms with van der Waals surface area (Å²) in [6.07, 6.45) is 0.0449. The van der Waals surface area contributed by atoms with Crippen LogP contribution in [0, 0.1) is 0 Å². The number of ether oxygens (including phenoxy) is 1. The second-order valence-corrected chi connectivity index (χ2v) is 7.71. The molecule has 3 rings (SSSR count). The SMILES string of the molecule is COC(=O)N1CCCN(S(=O)(=O)c2ccc3c(c2)oc(=O)n3C)CC1. The lowest BCUT2D eigenvalue weighted by molar-refractivity contribution is 0.126.